The monoisotopic (exact) mass is 282 g/mol. The van der Waals surface area contributed by atoms with Crippen LogP contribution in [0.15, 0.2) is 24.3 Å². The highest BCUT2D eigenvalue weighted by Crippen LogP contribution is 2.26. The Hall–Kier alpha value is -0.570. The molecular weight excluding hydrogens is 256 g/mol. The molecule has 0 heterocycles. The SMILES string of the molecule is CCCN(CC(C)(C)CN)C(C)c1cccc(Cl)c1. The number of rotatable bonds is 7. The van der Waals surface area contributed by atoms with E-state index in [9.17, 15) is 0 Å². The Morgan fingerprint density at radius 1 is 1.37 bits per heavy atom. The fourth-order valence-corrected chi connectivity index (χ4v) is 2.49. The molecule has 0 radical (unpaired) electrons. The first-order chi connectivity index (χ1) is 8.89. The molecule has 0 spiro atoms. The van der Waals surface area contributed by atoms with E-state index in [1.165, 1.54) is 5.56 Å². The molecule has 1 aromatic rings. The minimum absolute atomic E-state index is 0.141. The third-order valence-electron chi connectivity index (χ3n) is 3.57. The summed E-state index contributed by atoms with van der Waals surface area (Å²) in [6.07, 6.45) is 1.14. The molecule has 0 aliphatic heterocycles. The Morgan fingerprint density at radius 3 is 2.58 bits per heavy atom. The summed E-state index contributed by atoms with van der Waals surface area (Å²) in [5.41, 5.74) is 7.28. The van der Waals surface area contributed by atoms with Gasteiger partial charge in [0.05, 0.1) is 0 Å². The molecule has 0 saturated heterocycles. The summed E-state index contributed by atoms with van der Waals surface area (Å²) >= 11 is 6.09. The number of nitrogens with two attached hydrogens (primary N) is 1. The molecule has 19 heavy (non-hydrogen) atoms. The van der Waals surface area contributed by atoms with Crippen molar-refractivity contribution in [3.8, 4) is 0 Å². The van der Waals surface area contributed by atoms with Crippen molar-refractivity contribution in [1.29, 1.82) is 0 Å². The van der Waals surface area contributed by atoms with Gasteiger partial charge in [0.15, 0.2) is 0 Å². The van der Waals surface area contributed by atoms with E-state index in [0.29, 0.717) is 12.6 Å². The first-order valence-corrected chi connectivity index (χ1v) is 7.47. The molecule has 0 fully saturated rings. The number of hydrogen-bond donors (Lipinski definition) is 1. The zero-order valence-electron chi connectivity index (χ0n) is 12.6. The van der Waals surface area contributed by atoms with Crippen LogP contribution in [0, 0.1) is 5.41 Å². The Morgan fingerprint density at radius 2 is 2.05 bits per heavy atom. The average Bonchev–Trinajstić information content (AvgIpc) is 2.37. The van der Waals surface area contributed by atoms with E-state index in [1.807, 2.05) is 12.1 Å². The Bertz CT molecular complexity index is 390. The van der Waals surface area contributed by atoms with Crippen molar-refractivity contribution < 1.29 is 0 Å². The standard InChI is InChI=1S/C16H27ClN2/c1-5-9-19(12-16(3,4)11-18)13(2)14-7-6-8-15(17)10-14/h6-8,10,13H,5,9,11-12,18H2,1-4H3. The molecule has 0 amide bonds. The van der Waals surface area contributed by atoms with Crippen molar-refractivity contribution in [2.24, 2.45) is 11.1 Å². The van der Waals surface area contributed by atoms with Gasteiger partial charge in [-0.15, -0.1) is 0 Å². The first-order valence-electron chi connectivity index (χ1n) is 7.09. The third kappa shape index (κ3) is 5.13. The lowest BCUT2D eigenvalue weighted by Gasteiger charge is -2.36. The molecule has 1 unspecified atom stereocenters. The van der Waals surface area contributed by atoms with Crippen molar-refractivity contribution >= 4 is 11.6 Å². The van der Waals surface area contributed by atoms with Crippen molar-refractivity contribution in [2.45, 2.75) is 40.2 Å². The predicted molar refractivity (Wildman–Crippen MR) is 84.6 cm³/mol. The van der Waals surface area contributed by atoms with E-state index >= 15 is 0 Å². The van der Waals surface area contributed by atoms with E-state index in [2.05, 4.69) is 44.7 Å². The predicted octanol–water partition coefficient (Wildman–Crippen LogP) is 4.10. The van der Waals surface area contributed by atoms with E-state index in [0.717, 1.165) is 24.5 Å². The summed E-state index contributed by atoms with van der Waals surface area (Å²) in [6, 6.07) is 8.52. The van der Waals surface area contributed by atoms with Gasteiger partial charge in [-0.2, -0.15) is 0 Å². The van der Waals surface area contributed by atoms with Crippen molar-refractivity contribution in [3.63, 3.8) is 0 Å². The number of halogens is 1. The average molecular weight is 283 g/mol. The molecule has 0 bridgehead atoms. The Labute approximate surface area is 122 Å². The molecule has 1 atom stereocenters. The van der Waals surface area contributed by atoms with Crippen molar-refractivity contribution in [1.82, 2.24) is 4.90 Å². The summed E-state index contributed by atoms with van der Waals surface area (Å²) in [4.78, 5) is 2.50. The highest BCUT2D eigenvalue weighted by Gasteiger charge is 2.23. The number of benzene rings is 1. The van der Waals surface area contributed by atoms with Gasteiger partial charge in [-0.1, -0.05) is 44.5 Å². The number of nitrogens with zero attached hydrogens (tertiary/aromatic N) is 1. The summed E-state index contributed by atoms with van der Waals surface area (Å²) in [7, 11) is 0. The third-order valence-corrected chi connectivity index (χ3v) is 3.81. The zero-order valence-corrected chi connectivity index (χ0v) is 13.4. The van der Waals surface area contributed by atoms with Gasteiger partial charge in [0.25, 0.3) is 0 Å². The van der Waals surface area contributed by atoms with Gasteiger partial charge >= 0.3 is 0 Å². The maximum absolute atomic E-state index is 6.09. The lowest BCUT2D eigenvalue weighted by atomic mass is 9.91. The molecule has 3 heteroatoms. The van der Waals surface area contributed by atoms with Gasteiger partial charge in [0, 0.05) is 17.6 Å². The van der Waals surface area contributed by atoms with Crippen LogP contribution in [0.2, 0.25) is 5.02 Å². The molecule has 1 rings (SSSR count). The quantitative estimate of drug-likeness (QED) is 0.816. The van der Waals surface area contributed by atoms with Crippen LogP contribution in [-0.2, 0) is 0 Å². The summed E-state index contributed by atoms with van der Waals surface area (Å²) in [6.45, 7) is 11.7. The molecule has 0 saturated carbocycles. The second-order valence-corrected chi connectivity index (χ2v) is 6.51. The molecule has 0 aliphatic carbocycles. The van der Waals surface area contributed by atoms with Gasteiger partial charge in [-0.25, -0.2) is 0 Å². The summed E-state index contributed by atoms with van der Waals surface area (Å²) < 4.78 is 0. The van der Waals surface area contributed by atoms with Crippen LogP contribution >= 0.6 is 11.6 Å². The van der Waals surface area contributed by atoms with E-state index in [4.69, 9.17) is 17.3 Å². The Kier molecular flexibility index (Phi) is 6.31. The second kappa shape index (κ2) is 7.28. The van der Waals surface area contributed by atoms with Gasteiger partial charge in [-0.3, -0.25) is 4.90 Å². The van der Waals surface area contributed by atoms with E-state index < -0.39 is 0 Å². The molecule has 0 aromatic heterocycles. The molecule has 0 aliphatic rings. The van der Waals surface area contributed by atoms with E-state index in [1.54, 1.807) is 0 Å². The maximum atomic E-state index is 6.09. The smallest absolute Gasteiger partial charge is 0.0409 e. The van der Waals surface area contributed by atoms with Crippen LogP contribution in [0.25, 0.3) is 0 Å². The van der Waals surface area contributed by atoms with Crippen molar-refractivity contribution in [2.75, 3.05) is 19.6 Å². The van der Waals surface area contributed by atoms with Crippen LogP contribution in [-0.4, -0.2) is 24.5 Å². The normalized spacial score (nSPS) is 13.8. The van der Waals surface area contributed by atoms with Crippen molar-refractivity contribution in [3.05, 3.63) is 34.9 Å². The fraction of sp³-hybridized carbons (Fsp3) is 0.625. The molecule has 1 aromatic carbocycles. The minimum atomic E-state index is 0.141. The van der Waals surface area contributed by atoms with Gasteiger partial charge in [-0.05, 0) is 49.5 Å². The first kappa shape index (κ1) is 16.5. The van der Waals surface area contributed by atoms with Gasteiger partial charge < -0.3 is 5.73 Å². The molecule has 2 N–H and O–H groups in total. The van der Waals surface area contributed by atoms with Crippen LogP contribution in [0.4, 0.5) is 0 Å². The largest absolute Gasteiger partial charge is 0.330 e. The fourth-order valence-electron chi connectivity index (χ4n) is 2.29. The molecular formula is C16H27ClN2. The topological polar surface area (TPSA) is 29.3 Å². The lowest BCUT2D eigenvalue weighted by Crippen LogP contribution is -2.40. The van der Waals surface area contributed by atoms with E-state index in [-0.39, 0.29) is 5.41 Å². The zero-order chi connectivity index (χ0) is 14.5. The molecule has 2 nitrogen and oxygen atoms in total. The number of hydrogen-bond acceptors (Lipinski definition) is 2. The maximum Gasteiger partial charge on any atom is 0.0409 e. The van der Waals surface area contributed by atoms with Crippen LogP contribution in [0.1, 0.15) is 45.7 Å². The summed E-state index contributed by atoms with van der Waals surface area (Å²) in [5, 5.41) is 0.805. The van der Waals surface area contributed by atoms with Crippen LogP contribution in [0.5, 0.6) is 0 Å². The van der Waals surface area contributed by atoms with Crippen LogP contribution < -0.4 is 5.73 Å². The highest BCUT2D eigenvalue weighted by atomic mass is 35.5. The summed E-state index contributed by atoms with van der Waals surface area (Å²) in [5.74, 6) is 0. The second-order valence-electron chi connectivity index (χ2n) is 6.07. The molecule has 108 valence electrons. The van der Waals surface area contributed by atoms with Gasteiger partial charge in [0.2, 0.25) is 0 Å². The van der Waals surface area contributed by atoms with Crippen LogP contribution in [0.3, 0.4) is 0 Å². The lowest BCUT2D eigenvalue weighted by molar-refractivity contribution is 0.140. The Balaban J connectivity index is 2.86. The van der Waals surface area contributed by atoms with Gasteiger partial charge in [0.1, 0.15) is 0 Å². The minimum Gasteiger partial charge on any atom is -0.330 e. The highest BCUT2D eigenvalue weighted by molar-refractivity contribution is 6.30.